The molecule has 0 aliphatic rings. The second-order valence-electron chi connectivity index (χ2n) is 3.82. The lowest BCUT2D eigenvalue weighted by Gasteiger charge is -2.13. The molecule has 18 heavy (non-hydrogen) atoms. The van der Waals surface area contributed by atoms with Crippen LogP contribution in [0.2, 0.25) is 5.28 Å². The Morgan fingerprint density at radius 3 is 3.11 bits per heavy atom. The van der Waals surface area contributed by atoms with Crippen molar-refractivity contribution >= 4 is 39.9 Å². The summed E-state index contributed by atoms with van der Waals surface area (Å²) < 4.78 is 0. The SMILES string of the molecule is CC(Nc1nc(Cl)nc2nc[nH]c12)c1cccs1. The molecule has 3 heterocycles. The van der Waals surface area contributed by atoms with E-state index in [1.807, 2.05) is 11.4 Å². The maximum atomic E-state index is 5.88. The first kappa shape index (κ1) is 11.4. The van der Waals surface area contributed by atoms with Gasteiger partial charge in [-0.15, -0.1) is 11.3 Å². The van der Waals surface area contributed by atoms with Crippen molar-refractivity contribution in [3.8, 4) is 0 Å². The summed E-state index contributed by atoms with van der Waals surface area (Å²) in [5.41, 5.74) is 1.33. The van der Waals surface area contributed by atoms with Crippen molar-refractivity contribution in [2.45, 2.75) is 13.0 Å². The summed E-state index contributed by atoms with van der Waals surface area (Å²) in [6.45, 7) is 2.07. The third-order valence-electron chi connectivity index (χ3n) is 2.58. The molecule has 0 aromatic carbocycles. The molecule has 0 saturated carbocycles. The van der Waals surface area contributed by atoms with E-state index in [-0.39, 0.29) is 11.3 Å². The van der Waals surface area contributed by atoms with Crippen LogP contribution in [-0.4, -0.2) is 19.9 Å². The minimum absolute atomic E-state index is 0.155. The lowest BCUT2D eigenvalue weighted by Crippen LogP contribution is -2.07. The summed E-state index contributed by atoms with van der Waals surface area (Å²) in [4.78, 5) is 16.6. The molecule has 0 aliphatic heterocycles. The molecular formula is C11H10ClN5S. The molecule has 0 amide bonds. The third-order valence-corrected chi connectivity index (χ3v) is 3.81. The van der Waals surface area contributed by atoms with Crippen molar-refractivity contribution in [2.24, 2.45) is 0 Å². The zero-order valence-corrected chi connectivity index (χ0v) is 11.1. The topological polar surface area (TPSA) is 66.5 Å². The highest BCUT2D eigenvalue weighted by Crippen LogP contribution is 2.25. The number of hydrogen-bond donors (Lipinski definition) is 2. The van der Waals surface area contributed by atoms with E-state index in [0.29, 0.717) is 11.5 Å². The minimum atomic E-state index is 0.155. The van der Waals surface area contributed by atoms with Gasteiger partial charge in [0.25, 0.3) is 0 Å². The van der Waals surface area contributed by atoms with Gasteiger partial charge in [0.05, 0.1) is 12.4 Å². The highest BCUT2D eigenvalue weighted by Gasteiger charge is 2.12. The standard InChI is InChI=1S/C11H10ClN5S/c1-6(7-3-2-4-18-7)15-10-8-9(14-5-13-8)16-11(12)17-10/h2-6H,1H3,(H2,13,14,15,16,17). The summed E-state index contributed by atoms with van der Waals surface area (Å²) in [6, 6.07) is 4.26. The number of hydrogen-bond acceptors (Lipinski definition) is 5. The summed E-state index contributed by atoms with van der Waals surface area (Å²) in [5, 5.41) is 5.56. The molecule has 1 atom stereocenters. The van der Waals surface area contributed by atoms with Gasteiger partial charge in [-0.05, 0) is 30.0 Å². The lowest BCUT2D eigenvalue weighted by atomic mass is 10.3. The number of rotatable bonds is 3. The van der Waals surface area contributed by atoms with Crippen molar-refractivity contribution in [3.05, 3.63) is 34.0 Å². The number of anilines is 1. The van der Waals surface area contributed by atoms with Gasteiger partial charge in [-0.3, -0.25) is 0 Å². The van der Waals surface area contributed by atoms with E-state index in [4.69, 9.17) is 11.6 Å². The van der Waals surface area contributed by atoms with Crippen LogP contribution in [-0.2, 0) is 0 Å². The first-order valence-corrected chi connectivity index (χ1v) is 6.66. The molecule has 3 aromatic rings. The molecule has 3 rings (SSSR count). The van der Waals surface area contributed by atoms with Gasteiger partial charge in [-0.1, -0.05) is 6.07 Å². The summed E-state index contributed by atoms with van der Waals surface area (Å²) >= 11 is 7.57. The Labute approximate surface area is 112 Å². The van der Waals surface area contributed by atoms with Crippen molar-refractivity contribution in [3.63, 3.8) is 0 Å². The summed E-state index contributed by atoms with van der Waals surface area (Å²) in [7, 11) is 0. The molecule has 5 nitrogen and oxygen atoms in total. The van der Waals surface area contributed by atoms with E-state index in [2.05, 4.69) is 38.2 Å². The van der Waals surface area contributed by atoms with Crippen molar-refractivity contribution in [2.75, 3.05) is 5.32 Å². The van der Waals surface area contributed by atoms with Crippen LogP contribution < -0.4 is 5.32 Å². The monoisotopic (exact) mass is 279 g/mol. The molecule has 0 bridgehead atoms. The Balaban J connectivity index is 1.97. The second kappa shape index (κ2) is 4.55. The van der Waals surface area contributed by atoms with Gasteiger partial charge in [-0.2, -0.15) is 9.97 Å². The molecule has 1 unspecified atom stereocenters. The normalized spacial score (nSPS) is 12.8. The number of aromatic amines is 1. The van der Waals surface area contributed by atoms with Gasteiger partial charge < -0.3 is 10.3 Å². The summed E-state index contributed by atoms with van der Waals surface area (Å²) in [5.74, 6) is 0.670. The second-order valence-corrected chi connectivity index (χ2v) is 5.14. The molecule has 0 aliphatic carbocycles. The van der Waals surface area contributed by atoms with Gasteiger partial charge in [-0.25, -0.2) is 4.98 Å². The molecule has 0 fully saturated rings. The van der Waals surface area contributed by atoms with E-state index in [0.717, 1.165) is 5.52 Å². The highest BCUT2D eigenvalue weighted by atomic mass is 35.5. The fraction of sp³-hybridized carbons (Fsp3) is 0.182. The van der Waals surface area contributed by atoms with E-state index in [9.17, 15) is 0 Å². The number of halogens is 1. The van der Waals surface area contributed by atoms with Crippen LogP contribution in [0.15, 0.2) is 23.8 Å². The Bertz CT molecular complexity index is 663. The van der Waals surface area contributed by atoms with E-state index in [1.54, 1.807) is 17.7 Å². The number of thiophene rings is 1. The fourth-order valence-electron chi connectivity index (χ4n) is 1.72. The molecule has 0 spiro atoms. The first-order chi connectivity index (χ1) is 8.74. The van der Waals surface area contributed by atoms with Crippen LogP contribution >= 0.6 is 22.9 Å². The van der Waals surface area contributed by atoms with Crippen LogP contribution in [0.4, 0.5) is 5.82 Å². The molecular weight excluding hydrogens is 270 g/mol. The average molecular weight is 280 g/mol. The predicted octanol–water partition coefficient (Wildman–Crippen LogP) is 3.24. The number of imidazole rings is 1. The molecule has 3 aromatic heterocycles. The number of aromatic nitrogens is 4. The molecule has 7 heteroatoms. The van der Waals surface area contributed by atoms with Crippen LogP contribution in [0.1, 0.15) is 17.8 Å². The zero-order chi connectivity index (χ0) is 12.5. The Kier molecular flexibility index (Phi) is 2.89. The largest absolute Gasteiger partial charge is 0.361 e. The predicted molar refractivity (Wildman–Crippen MR) is 73.1 cm³/mol. The van der Waals surface area contributed by atoms with Gasteiger partial charge in [0, 0.05) is 4.88 Å². The van der Waals surface area contributed by atoms with Crippen LogP contribution in [0.3, 0.4) is 0 Å². The number of nitrogens with zero attached hydrogens (tertiary/aromatic N) is 3. The van der Waals surface area contributed by atoms with Gasteiger partial charge >= 0.3 is 0 Å². The average Bonchev–Trinajstić information content (AvgIpc) is 2.98. The first-order valence-electron chi connectivity index (χ1n) is 5.40. The molecule has 92 valence electrons. The molecule has 0 saturated heterocycles. The summed E-state index contributed by atoms with van der Waals surface area (Å²) in [6.07, 6.45) is 1.58. The lowest BCUT2D eigenvalue weighted by molar-refractivity contribution is 0.897. The maximum absolute atomic E-state index is 5.88. The van der Waals surface area contributed by atoms with Gasteiger partial charge in [0.15, 0.2) is 11.5 Å². The van der Waals surface area contributed by atoms with Crippen LogP contribution in [0.25, 0.3) is 11.2 Å². The number of nitrogens with one attached hydrogen (secondary N) is 2. The van der Waals surface area contributed by atoms with Gasteiger partial charge in [0.2, 0.25) is 5.28 Å². The zero-order valence-electron chi connectivity index (χ0n) is 9.51. The number of H-pyrrole nitrogens is 1. The van der Waals surface area contributed by atoms with Crippen molar-refractivity contribution in [1.29, 1.82) is 0 Å². The quantitative estimate of drug-likeness (QED) is 0.722. The van der Waals surface area contributed by atoms with Gasteiger partial charge in [0.1, 0.15) is 5.52 Å². The van der Waals surface area contributed by atoms with Crippen molar-refractivity contribution in [1.82, 2.24) is 19.9 Å². The Morgan fingerprint density at radius 2 is 2.33 bits per heavy atom. The molecule has 2 N–H and O–H groups in total. The van der Waals surface area contributed by atoms with Crippen LogP contribution in [0, 0.1) is 0 Å². The highest BCUT2D eigenvalue weighted by molar-refractivity contribution is 7.10. The molecule has 0 radical (unpaired) electrons. The Hall–Kier alpha value is -1.66. The maximum Gasteiger partial charge on any atom is 0.226 e. The van der Waals surface area contributed by atoms with E-state index in [1.165, 1.54) is 4.88 Å². The van der Waals surface area contributed by atoms with Crippen molar-refractivity contribution < 1.29 is 0 Å². The third kappa shape index (κ3) is 2.04. The van der Waals surface area contributed by atoms with E-state index >= 15 is 0 Å². The fourth-order valence-corrected chi connectivity index (χ4v) is 2.62. The number of fused-ring (bicyclic) bond motifs is 1. The smallest absolute Gasteiger partial charge is 0.226 e. The minimum Gasteiger partial charge on any atom is -0.361 e. The van der Waals surface area contributed by atoms with Crippen LogP contribution in [0.5, 0.6) is 0 Å². The Morgan fingerprint density at radius 1 is 1.44 bits per heavy atom. The van der Waals surface area contributed by atoms with E-state index < -0.39 is 0 Å².